The topological polar surface area (TPSA) is 90.5 Å². The van der Waals surface area contributed by atoms with E-state index in [1.165, 1.54) is 19.2 Å². The molecule has 0 atom stereocenters. The van der Waals surface area contributed by atoms with Gasteiger partial charge in [-0.3, -0.25) is 4.79 Å². The quantitative estimate of drug-likeness (QED) is 0.718. The average Bonchev–Trinajstić information content (AvgIpc) is 2.63. The van der Waals surface area contributed by atoms with E-state index in [0.29, 0.717) is 11.1 Å². The van der Waals surface area contributed by atoms with E-state index in [2.05, 4.69) is 4.98 Å². The molecule has 1 aromatic heterocycles. The van der Waals surface area contributed by atoms with Crippen molar-refractivity contribution in [3.8, 4) is 11.3 Å². The predicted molar refractivity (Wildman–Crippen MR) is 102 cm³/mol. The summed E-state index contributed by atoms with van der Waals surface area (Å²) in [5.74, 6) is 0. The summed E-state index contributed by atoms with van der Waals surface area (Å²) in [5.41, 5.74) is 2.17. The van der Waals surface area contributed by atoms with Gasteiger partial charge >= 0.3 is 0 Å². The molecule has 3 rings (SSSR count). The van der Waals surface area contributed by atoms with Crippen LogP contribution in [0.15, 0.2) is 58.2 Å². The van der Waals surface area contributed by atoms with Crippen molar-refractivity contribution in [2.75, 3.05) is 20.2 Å². The number of aryl methyl sites for hydroxylation is 1. The van der Waals surface area contributed by atoms with E-state index in [1.54, 1.807) is 18.2 Å². The molecule has 26 heavy (non-hydrogen) atoms. The molecule has 0 spiro atoms. The van der Waals surface area contributed by atoms with Crippen LogP contribution in [0, 0.1) is 6.92 Å². The normalized spacial score (nSPS) is 12.0. The van der Waals surface area contributed by atoms with Crippen molar-refractivity contribution in [1.82, 2.24) is 9.29 Å². The molecular weight excluding hydrogens is 352 g/mol. The fraction of sp³-hybridized carbons (Fsp3) is 0.211. The smallest absolute Gasteiger partial charge is 0.256 e. The molecule has 0 radical (unpaired) electrons. The van der Waals surface area contributed by atoms with Gasteiger partial charge in [0.2, 0.25) is 10.0 Å². The van der Waals surface area contributed by atoms with Crippen LogP contribution < -0.4 is 5.56 Å². The number of H-pyrrole nitrogens is 1. The largest absolute Gasteiger partial charge is 0.395 e. The van der Waals surface area contributed by atoms with Crippen LogP contribution in [-0.2, 0) is 10.0 Å². The highest BCUT2D eigenvalue weighted by atomic mass is 32.2. The summed E-state index contributed by atoms with van der Waals surface area (Å²) in [5, 5.41) is 10.4. The zero-order valence-corrected chi connectivity index (χ0v) is 15.4. The standard InChI is InChI=1S/C19H20N2O4S/c1-13-4-3-5-16-17(13)12-18(20-19(16)23)14-6-8-15(9-7-14)26(24,25)21(2)10-11-22/h3-9,12,22H,10-11H2,1-2H3,(H,20,23). The van der Waals surface area contributed by atoms with Crippen LogP contribution in [0.2, 0.25) is 0 Å². The predicted octanol–water partition coefficient (Wildman–Crippen LogP) is 2.12. The molecular formula is C19H20N2O4S. The lowest BCUT2D eigenvalue weighted by Crippen LogP contribution is -2.29. The van der Waals surface area contributed by atoms with Gasteiger partial charge in [-0.25, -0.2) is 8.42 Å². The third kappa shape index (κ3) is 3.29. The minimum absolute atomic E-state index is 0.0291. The first-order chi connectivity index (χ1) is 12.3. The van der Waals surface area contributed by atoms with Crippen LogP contribution in [-0.4, -0.2) is 43.0 Å². The Bertz CT molecular complexity index is 1100. The summed E-state index contributed by atoms with van der Waals surface area (Å²) >= 11 is 0. The Morgan fingerprint density at radius 2 is 1.77 bits per heavy atom. The van der Waals surface area contributed by atoms with Gasteiger partial charge in [-0.15, -0.1) is 0 Å². The van der Waals surface area contributed by atoms with Crippen LogP contribution in [0.25, 0.3) is 22.0 Å². The Labute approximate surface area is 151 Å². The fourth-order valence-electron chi connectivity index (χ4n) is 2.84. The van der Waals surface area contributed by atoms with E-state index in [0.717, 1.165) is 20.8 Å². The molecule has 0 aliphatic heterocycles. The first-order valence-electron chi connectivity index (χ1n) is 8.15. The van der Waals surface area contributed by atoms with E-state index in [9.17, 15) is 13.2 Å². The number of nitrogens with zero attached hydrogens (tertiary/aromatic N) is 1. The zero-order valence-electron chi connectivity index (χ0n) is 14.6. The summed E-state index contributed by atoms with van der Waals surface area (Å²) in [6, 6.07) is 13.8. The molecule has 0 fully saturated rings. The number of sulfonamides is 1. The van der Waals surface area contributed by atoms with Crippen LogP contribution >= 0.6 is 0 Å². The van der Waals surface area contributed by atoms with E-state index in [-0.39, 0.29) is 23.6 Å². The van der Waals surface area contributed by atoms with Gasteiger partial charge in [-0.2, -0.15) is 4.31 Å². The number of nitrogens with one attached hydrogen (secondary N) is 1. The molecule has 7 heteroatoms. The molecule has 136 valence electrons. The van der Waals surface area contributed by atoms with Crippen molar-refractivity contribution in [3.05, 3.63) is 64.4 Å². The Morgan fingerprint density at radius 1 is 1.08 bits per heavy atom. The average molecular weight is 372 g/mol. The first-order valence-corrected chi connectivity index (χ1v) is 9.59. The van der Waals surface area contributed by atoms with Crippen molar-refractivity contribution >= 4 is 20.8 Å². The minimum Gasteiger partial charge on any atom is -0.395 e. The second kappa shape index (κ2) is 7.03. The summed E-state index contributed by atoms with van der Waals surface area (Å²) < 4.78 is 25.9. The summed E-state index contributed by atoms with van der Waals surface area (Å²) in [6.45, 7) is 1.73. The van der Waals surface area contributed by atoms with E-state index in [4.69, 9.17) is 5.11 Å². The lowest BCUT2D eigenvalue weighted by molar-refractivity contribution is 0.266. The lowest BCUT2D eigenvalue weighted by Gasteiger charge is -2.16. The van der Waals surface area contributed by atoms with Crippen molar-refractivity contribution in [2.45, 2.75) is 11.8 Å². The molecule has 3 aromatic rings. The number of pyridine rings is 1. The maximum Gasteiger partial charge on any atom is 0.256 e. The molecule has 2 aromatic carbocycles. The lowest BCUT2D eigenvalue weighted by atomic mass is 10.0. The molecule has 0 saturated carbocycles. The number of rotatable bonds is 5. The molecule has 0 aliphatic carbocycles. The van der Waals surface area contributed by atoms with Crippen LogP contribution in [0.4, 0.5) is 0 Å². The molecule has 1 heterocycles. The van der Waals surface area contributed by atoms with Crippen molar-refractivity contribution in [3.63, 3.8) is 0 Å². The van der Waals surface area contributed by atoms with Gasteiger partial charge in [-0.05, 0) is 47.7 Å². The molecule has 0 bridgehead atoms. The molecule has 6 nitrogen and oxygen atoms in total. The Kier molecular flexibility index (Phi) is 4.95. The maximum atomic E-state index is 12.4. The van der Waals surface area contributed by atoms with Crippen molar-refractivity contribution < 1.29 is 13.5 Å². The molecule has 0 aliphatic rings. The minimum atomic E-state index is -3.65. The third-order valence-corrected chi connectivity index (χ3v) is 6.27. The highest BCUT2D eigenvalue weighted by Crippen LogP contribution is 2.24. The van der Waals surface area contributed by atoms with E-state index >= 15 is 0 Å². The number of hydrogen-bond donors (Lipinski definition) is 2. The van der Waals surface area contributed by atoms with Crippen LogP contribution in [0.5, 0.6) is 0 Å². The van der Waals surface area contributed by atoms with Gasteiger partial charge in [0.05, 0.1) is 11.5 Å². The maximum absolute atomic E-state index is 12.4. The highest BCUT2D eigenvalue weighted by Gasteiger charge is 2.20. The number of aromatic nitrogens is 1. The number of hydrogen-bond acceptors (Lipinski definition) is 4. The van der Waals surface area contributed by atoms with Gasteiger partial charge in [0.15, 0.2) is 0 Å². The van der Waals surface area contributed by atoms with Crippen molar-refractivity contribution in [1.29, 1.82) is 0 Å². The molecule has 0 saturated heterocycles. The Balaban J connectivity index is 2.03. The zero-order chi connectivity index (χ0) is 18.9. The second-order valence-corrected chi connectivity index (χ2v) is 8.17. The number of fused-ring (bicyclic) bond motifs is 1. The highest BCUT2D eigenvalue weighted by molar-refractivity contribution is 7.89. The number of benzene rings is 2. The summed E-state index contributed by atoms with van der Waals surface area (Å²) in [4.78, 5) is 15.3. The van der Waals surface area contributed by atoms with Gasteiger partial charge in [0.1, 0.15) is 0 Å². The van der Waals surface area contributed by atoms with Gasteiger partial charge < -0.3 is 10.1 Å². The number of aliphatic hydroxyl groups excluding tert-OH is 1. The van der Waals surface area contributed by atoms with Crippen molar-refractivity contribution in [2.24, 2.45) is 0 Å². The van der Waals surface area contributed by atoms with Gasteiger partial charge in [-0.1, -0.05) is 24.3 Å². The molecule has 0 amide bonds. The molecule has 2 N–H and O–H groups in total. The number of aliphatic hydroxyl groups is 1. The first kappa shape index (κ1) is 18.3. The molecule has 0 unspecified atom stereocenters. The second-order valence-electron chi connectivity index (χ2n) is 6.12. The van der Waals surface area contributed by atoms with E-state index < -0.39 is 10.0 Å². The number of aromatic amines is 1. The van der Waals surface area contributed by atoms with Crippen LogP contribution in [0.1, 0.15) is 5.56 Å². The van der Waals surface area contributed by atoms with Gasteiger partial charge in [0, 0.05) is 24.7 Å². The summed E-state index contributed by atoms with van der Waals surface area (Å²) in [7, 11) is -2.23. The van der Waals surface area contributed by atoms with E-state index in [1.807, 2.05) is 25.1 Å². The van der Waals surface area contributed by atoms with Gasteiger partial charge in [0.25, 0.3) is 5.56 Å². The Morgan fingerprint density at radius 3 is 2.42 bits per heavy atom. The third-order valence-electron chi connectivity index (χ3n) is 4.39. The fourth-order valence-corrected chi connectivity index (χ4v) is 4.01. The summed E-state index contributed by atoms with van der Waals surface area (Å²) in [6.07, 6.45) is 0. The van der Waals surface area contributed by atoms with Crippen LogP contribution in [0.3, 0.4) is 0 Å². The monoisotopic (exact) mass is 372 g/mol. The number of likely N-dealkylation sites (N-methyl/N-ethyl adjacent to an activating group) is 1. The SMILES string of the molecule is Cc1cccc2c(=O)[nH]c(-c3ccc(S(=O)(=O)N(C)CCO)cc3)cc12. The Hall–Kier alpha value is -2.48.